The minimum absolute atomic E-state index is 0.370. The van der Waals surface area contributed by atoms with Crippen LogP contribution in [0.25, 0.3) is 0 Å². The first-order valence-electron chi connectivity index (χ1n) is 5.64. The molecule has 1 heterocycles. The van der Waals surface area contributed by atoms with Crippen LogP contribution in [0.1, 0.15) is 12.0 Å². The van der Waals surface area contributed by atoms with Crippen LogP contribution < -0.4 is 5.73 Å². The van der Waals surface area contributed by atoms with Crippen molar-refractivity contribution in [3.63, 3.8) is 0 Å². The second-order valence-corrected chi connectivity index (χ2v) is 4.26. The van der Waals surface area contributed by atoms with E-state index >= 15 is 0 Å². The van der Waals surface area contributed by atoms with E-state index in [1.54, 1.807) is 0 Å². The van der Waals surface area contributed by atoms with Gasteiger partial charge in [-0.3, -0.25) is 4.90 Å². The molecule has 2 rings (SSSR count). The van der Waals surface area contributed by atoms with E-state index in [1.807, 2.05) is 18.2 Å². The number of aliphatic carboxylic acids is 1. The quantitative estimate of drug-likeness (QED) is 0.821. The lowest BCUT2D eigenvalue weighted by Gasteiger charge is -2.27. The van der Waals surface area contributed by atoms with Crippen LogP contribution in [0.15, 0.2) is 41.6 Å². The molecule has 0 saturated heterocycles. The summed E-state index contributed by atoms with van der Waals surface area (Å²) in [5.74, 6) is -0.887. The molecule has 0 spiro atoms. The summed E-state index contributed by atoms with van der Waals surface area (Å²) in [6.07, 6.45) is 0.522. The number of benzene rings is 1. The molecule has 0 aromatic heterocycles. The van der Waals surface area contributed by atoms with Gasteiger partial charge in [0.2, 0.25) is 0 Å². The van der Waals surface area contributed by atoms with Gasteiger partial charge in [0.1, 0.15) is 0 Å². The third-order valence-electron chi connectivity index (χ3n) is 2.97. The van der Waals surface area contributed by atoms with Crippen LogP contribution in [-0.2, 0) is 11.3 Å². The first-order valence-corrected chi connectivity index (χ1v) is 5.64. The predicted molar refractivity (Wildman–Crippen MR) is 65.2 cm³/mol. The van der Waals surface area contributed by atoms with Crippen molar-refractivity contribution in [2.75, 3.05) is 13.1 Å². The van der Waals surface area contributed by atoms with E-state index in [4.69, 9.17) is 10.8 Å². The lowest BCUT2D eigenvalue weighted by Crippen LogP contribution is -2.35. The van der Waals surface area contributed by atoms with E-state index < -0.39 is 5.97 Å². The van der Waals surface area contributed by atoms with Crippen LogP contribution in [0.3, 0.4) is 0 Å². The average Bonchev–Trinajstić information content (AvgIpc) is 2.30. The Kier molecular flexibility index (Phi) is 3.44. The Morgan fingerprint density at radius 1 is 1.35 bits per heavy atom. The van der Waals surface area contributed by atoms with Crippen LogP contribution >= 0.6 is 0 Å². The summed E-state index contributed by atoms with van der Waals surface area (Å²) in [6.45, 7) is 2.10. The lowest BCUT2D eigenvalue weighted by molar-refractivity contribution is -0.133. The first-order chi connectivity index (χ1) is 8.16. The van der Waals surface area contributed by atoms with Crippen LogP contribution in [0, 0.1) is 0 Å². The Labute approximate surface area is 100 Å². The van der Waals surface area contributed by atoms with E-state index in [9.17, 15) is 4.79 Å². The molecule has 0 fully saturated rings. The highest BCUT2D eigenvalue weighted by atomic mass is 16.4. The monoisotopic (exact) mass is 232 g/mol. The maximum absolute atomic E-state index is 10.9. The van der Waals surface area contributed by atoms with E-state index in [0.717, 1.165) is 13.1 Å². The fraction of sp³-hybridized carbons (Fsp3) is 0.308. The van der Waals surface area contributed by atoms with Crippen molar-refractivity contribution < 1.29 is 9.90 Å². The summed E-state index contributed by atoms with van der Waals surface area (Å²) in [7, 11) is 0. The molecule has 0 bridgehead atoms. The number of hydrogen-bond acceptors (Lipinski definition) is 3. The smallest absolute Gasteiger partial charge is 0.333 e. The van der Waals surface area contributed by atoms with Crippen molar-refractivity contribution in [1.82, 2.24) is 4.90 Å². The zero-order valence-corrected chi connectivity index (χ0v) is 9.60. The highest BCUT2D eigenvalue weighted by molar-refractivity contribution is 5.87. The largest absolute Gasteiger partial charge is 0.478 e. The van der Waals surface area contributed by atoms with Gasteiger partial charge in [0.15, 0.2) is 0 Å². The molecule has 0 radical (unpaired) electrons. The topological polar surface area (TPSA) is 66.6 Å². The molecular weight excluding hydrogens is 216 g/mol. The standard InChI is InChI=1S/C13H16N2O2/c14-12-9-15(7-6-11(12)13(16)17)8-10-4-2-1-3-5-10/h1-5H,6-9,14H2,(H,16,17). The first kappa shape index (κ1) is 11.7. The van der Waals surface area contributed by atoms with Gasteiger partial charge < -0.3 is 10.8 Å². The van der Waals surface area contributed by atoms with Crippen molar-refractivity contribution in [2.45, 2.75) is 13.0 Å². The number of hydrogen-bond donors (Lipinski definition) is 2. The number of carboxylic acid groups (broad SMARTS) is 1. The minimum atomic E-state index is -0.887. The van der Waals surface area contributed by atoms with Crippen molar-refractivity contribution in [2.24, 2.45) is 5.73 Å². The van der Waals surface area contributed by atoms with Crippen LogP contribution in [0.2, 0.25) is 0 Å². The average molecular weight is 232 g/mol. The molecule has 0 unspecified atom stereocenters. The minimum Gasteiger partial charge on any atom is -0.478 e. The molecule has 1 aromatic carbocycles. The molecule has 4 nitrogen and oxygen atoms in total. The van der Waals surface area contributed by atoms with Gasteiger partial charge in [0.25, 0.3) is 0 Å². The van der Waals surface area contributed by atoms with Crippen LogP contribution in [0.4, 0.5) is 0 Å². The third kappa shape index (κ3) is 2.85. The zero-order valence-electron chi connectivity index (χ0n) is 9.60. The molecule has 17 heavy (non-hydrogen) atoms. The molecule has 1 aromatic rings. The molecule has 3 N–H and O–H groups in total. The number of carboxylic acids is 1. The van der Waals surface area contributed by atoms with Crippen molar-refractivity contribution in [3.05, 3.63) is 47.2 Å². The summed E-state index contributed by atoms with van der Waals surface area (Å²) >= 11 is 0. The lowest BCUT2D eigenvalue weighted by atomic mass is 10.0. The Morgan fingerprint density at radius 3 is 2.65 bits per heavy atom. The van der Waals surface area contributed by atoms with E-state index in [1.165, 1.54) is 5.56 Å². The summed E-state index contributed by atoms with van der Waals surface area (Å²) in [6, 6.07) is 10.1. The number of rotatable bonds is 3. The van der Waals surface area contributed by atoms with Gasteiger partial charge in [0, 0.05) is 25.3 Å². The second kappa shape index (κ2) is 5.01. The van der Waals surface area contributed by atoms with Gasteiger partial charge in [-0.15, -0.1) is 0 Å². The summed E-state index contributed by atoms with van der Waals surface area (Å²) < 4.78 is 0. The Balaban J connectivity index is 2.02. The third-order valence-corrected chi connectivity index (χ3v) is 2.97. The molecule has 0 amide bonds. The van der Waals surface area contributed by atoms with Crippen molar-refractivity contribution in [1.29, 1.82) is 0 Å². The van der Waals surface area contributed by atoms with Crippen LogP contribution in [0.5, 0.6) is 0 Å². The van der Waals surface area contributed by atoms with Gasteiger partial charge in [-0.05, 0) is 12.0 Å². The second-order valence-electron chi connectivity index (χ2n) is 4.26. The molecule has 0 atom stereocenters. The number of carbonyl (C=O) groups is 1. The van der Waals surface area contributed by atoms with E-state index in [-0.39, 0.29) is 0 Å². The predicted octanol–water partition coefficient (Wildman–Crippen LogP) is 1.19. The van der Waals surface area contributed by atoms with Gasteiger partial charge in [-0.25, -0.2) is 4.79 Å². The van der Waals surface area contributed by atoms with Crippen LogP contribution in [-0.4, -0.2) is 29.1 Å². The summed E-state index contributed by atoms with van der Waals surface area (Å²) in [5.41, 5.74) is 7.86. The molecule has 1 aliphatic heterocycles. The number of nitrogens with zero attached hydrogens (tertiary/aromatic N) is 1. The molecule has 90 valence electrons. The summed E-state index contributed by atoms with van der Waals surface area (Å²) in [4.78, 5) is 13.0. The summed E-state index contributed by atoms with van der Waals surface area (Å²) in [5, 5.41) is 8.93. The van der Waals surface area contributed by atoms with Gasteiger partial charge >= 0.3 is 5.97 Å². The highest BCUT2D eigenvalue weighted by Crippen LogP contribution is 2.16. The van der Waals surface area contributed by atoms with E-state index in [0.29, 0.717) is 24.2 Å². The van der Waals surface area contributed by atoms with Crippen molar-refractivity contribution >= 4 is 5.97 Å². The molecule has 4 heteroatoms. The number of nitrogens with two attached hydrogens (primary N) is 1. The maximum atomic E-state index is 10.9. The zero-order chi connectivity index (χ0) is 12.3. The fourth-order valence-electron chi connectivity index (χ4n) is 2.07. The Morgan fingerprint density at radius 2 is 2.06 bits per heavy atom. The van der Waals surface area contributed by atoms with E-state index in [2.05, 4.69) is 17.0 Å². The molecule has 0 saturated carbocycles. The molecule has 0 aliphatic carbocycles. The van der Waals surface area contributed by atoms with Gasteiger partial charge in [-0.2, -0.15) is 0 Å². The SMILES string of the molecule is NC1=C(C(=O)O)CCN(Cc2ccccc2)C1. The molecular formula is C13H16N2O2. The Hall–Kier alpha value is -1.81. The van der Waals surface area contributed by atoms with Crippen molar-refractivity contribution in [3.8, 4) is 0 Å². The Bertz CT molecular complexity index is 440. The normalized spacial score (nSPS) is 17.2. The van der Waals surface area contributed by atoms with Gasteiger partial charge in [0.05, 0.1) is 5.57 Å². The molecule has 1 aliphatic rings. The highest BCUT2D eigenvalue weighted by Gasteiger charge is 2.21. The fourth-order valence-corrected chi connectivity index (χ4v) is 2.07. The van der Waals surface area contributed by atoms with Gasteiger partial charge in [-0.1, -0.05) is 30.3 Å². The maximum Gasteiger partial charge on any atom is 0.333 e.